The average Bonchev–Trinajstić information content (AvgIpc) is 3.05. The predicted molar refractivity (Wildman–Crippen MR) is 81.3 cm³/mol. The number of benzene rings is 1. The Balaban J connectivity index is 1.52. The van der Waals surface area contributed by atoms with Crippen LogP contribution >= 0.6 is 0 Å². The van der Waals surface area contributed by atoms with E-state index in [1.165, 1.54) is 0 Å². The van der Waals surface area contributed by atoms with Gasteiger partial charge in [-0.15, -0.1) is 0 Å². The summed E-state index contributed by atoms with van der Waals surface area (Å²) in [6.45, 7) is 3.67. The van der Waals surface area contributed by atoms with Gasteiger partial charge in [0.15, 0.2) is 0 Å². The van der Waals surface area contributed by atoms with Gasteiger partial charge in [0.05, 0.1) is 19.6 Å². The van der Waals surface area contributed by atoms with Gasteiger partial charge in [-0.1, -0.05) is 12.1 Å². The van der Waals surface area contributed by atoms with E-state index in [1.807, 2.05) is 24.3 Å². The van der Waals surface area contributed by atoms with Crippen LogP contribution in [-0.4, -0.2) is 39.3 Å². The molecule has 1 amide bonds. The highest BCUT2D eigenvalue weighted by Crippen LogP contribution is 2.12. The maximum Gasteiger partial charge on any atom is 0.224 e. The minimum atomic E-state index is 0.144. The second kappa shape index (κ2) is 8.64. The Kier molecular flexibility index (Phi) is 6.50. The fourth-order valence-corrected chi connectivity index (χ4v) is 2.32. The molecule has 1 heterocycles. The first kappa shape index (κ1) is 15.8. The molecule has 5 heteroatoms. The number of hydrogen-bond donors (Lipinski definition) is 2. The molecule has 116 valence electrons. The molecule has 0 radical (unpaired) electrons. The van der Waals surface area contributed by atoms with Gasteiger partial charge in [0, 0.05) is 19.7 Å². The van der Waals surface area contributed by atoms with E-state index in [0.29, 0.717) is 19.8 Å². The maximum absolute atomic E-state index is 11.8. The van der Waals surface area contributed by atoms with Crippen molar-refractivity contribution in [3.8, 4) is 5.75 Å². The largest absolute Gasteiger partial charge is 0.497 e. The van der Waals surface area contributed by atoms with Crippen molar-refractivity contribution < 1.29 is 14.3 Å². The van der Waals surface area contributed by atoms with Crippen molar-refractivity contribution in [1.82, 2.24) is 10.6 Å². The molecule has 0 aliphatic carbocycles. The van der Waals surface area contributed by atoms with Crippen molar-refractivity contribution in [3.63, 3.8) is 0 Å². The Morgan fingerprint density at radius 1 is 1.38 bits per heavy atom. The molecular weight excluding hydrogens is 268 g/mol. The number of methoxy groups -OCH3 is 1. The number of hydrogen-bond acceptors (Lipinski definition) is 4. The van der Waals surface area contributed by atoms with Crippen LogP contribution in [0, 0.1) is 5.92 Å². The second-order valence-electron chi connectivity index (χ2n) is 5.23. The monoisotopic (exact) mass is 292 g/mol. The van der Waals surface area contributed by atoms with Gasteiger partial charge in [0.2, 0.25) is 5.91 Å². The summed E-state index contributed by atoms with van der Waals surface area (Å²) in [5.74, 6) is 1.16. The summed E-state index contributed by atoms with van der Waals surface area (Å²) in [6, 6.07) is 7.84. The van der Waals surface area contributed by atoms with Crippen molar-refractivity contribution in [2.45, 2.75) is 19.4 Å². The third-order valence-electron chi connectivity index (χ3n) is 3.62. The van der Waals surface area contributed by atoms with Crippen LogP contribution in [0.2, 0.25) is 0 Å². The highest BCUT2D eigenvalue weighted by atomic mass is 16.5. The zero-order valence-corrected chi connectivity index (χ0v) is 12.6. The van der Waals surface area contributed by atoms with Gasteiger partial charge < -0.3 is 20.1 Å². The third kappa shape index (κ3) is 5.36. The fraction of sp³-hybridized carbons (Fsp3) is 0.562. The molecule has 0 spiro atoms. The van der Waals surface area contributed by atoms with E-state index < -0.39 is 0 Å². The molecule has 1 fully saturated rings. The number of carbonyl (C=O) groups is 1. The van der Waals surface area contributed by atoms with Crippen molar-refractivity contribution in [2.24, 2.45) is 5.92 Å². The summed E-state index contributed by atoms with van der Waals surface area (Å²) in [5.41, 5.74) is 1.12. The lowest BCUT2D eigenvalue weighted by Gasteiger charge is -2.10. The normalized spacial score (nSPS) is 17.7. The summed E-state index contributed by atoms with van der Waals surface area (Å²) < 4.78 is 10.7. The SMILES string of the molecule is COc1ccc(COCCCNC(=O)C2CCNC2)cc1. The van der Waals surface area contributed by atoms with Crippen LogP contribution in [0.15, 0.2) is 24.3 Å². The van der Waals surface area contributed by atoms with Crippen molar-refractivity contribution in [1.29, 1.82) is 0 Å². The van der Waals surface area contributed by atoms with Crippen LogP contribution in [0.3, 0.4) is 0 Å². The molecule has 2 rings (SSSR count). The lowest BCUT2D eigenvalue weighted by atomic mass is 10.1. The summed E-state index contributed by atoms with van der Waals surface area (Å²) >= 11 is 0. The molecule has 1 aromatic carbocycles. The lowest BCUT2D eigenvalue weighted by Crippen LogP contribution is -2.32. The Bertz CT molecular complexity index is 428. The topological polar surface area (TPSA) is 59.6 Å². The molecule has 1 saturated heterocycles. The third-order valence-corrected chi connectivity index (χ3v) is 3.62. The van der Waals surface area contributed by atoms with Gasteiger partial charge in [-0.25, -0.2) is 0 Å². The van der Waals surface area contributed by atoms with E-state index in [0.717, 1.165) is 37.2 Å². The molecule has 0 bridgehead atoms. The molecule has 2 N–H and O–H groups in total. The summed E-state index contributed by atoms with van der Waals surface area (Å²) in [5, 5.41) is 6.16. The van der Waals surface area contributed by atoms with Gasteiger partial charge in [-0.3, -0.25) is 4.79 Å². The molecular formula is C16H24N2O3. The van der Waals surface area contributed by atoms with Crippen molar-refractivity contribution >= 4 is 5.91 Å². The molecule has 0 aromatic heterocycles. The zero-order chi connectivity index (χ0) is 14.9. The van der Waals surface area contributed by atoms with E-state index >= 15 is 0 Å². The highest BCUT2D eigenvalue weighted by Gasteiger charge is 2.21. The smallest absolute Gasteiger partial charge is 0.224 e. The number of rotatable bonds is 8. The average molecular weight is 292 g/mol. The first-order chi connectivity index (χ1) is 10.3. The highest BCUT2D eigenvalue weighted by molar-refractivity contribution is 5.79. The molecule has 21 heavy (non-hydrogen) atoms. The quantitative estimate of drug-likeness (QED) is 0.710. The first-order valence-electron chi connectivity index (χ1n) is 7.48. The molecule has 0 saturated carbocycles. The Hall–Kier alpha value is -1.59. The van der Waals surface area contributed by atoms with Crippen molar-refractivity contribution in [3.05, 3.63) is 29.8 Å². The van der Waals surface area contributed by atoms with Gasteiger partial charge in [-0.2, -0.15) is 0 Å². The van der Waals surface area contributed by atoms with E-state index in [4.69, 9.17) is 9.47 Å². The van der Waals surface area contributed by atoms with Crippen LogP contribution in [-0.2, 0) is 16.1 Å². The Morgan fingerprint density at radius 2 is 2.19 bits per heavy atom. The molecule has 1 atom stereocenters. The minimum Gasteiger partial charge on any atom is -0.497 e. The molecule has 1 aliphatic rings. The standard InChI is InChI=1S/C16H24N2O3/c1-20-15-5-3-13(4-6-15)12-21-10-2-8-18-16(19)14-7-9-17-11-14/h3-6,14,17H,2,7-12H2,1H3,(H,18,19). The predicted octanol–water partition coefficient (Wildman–Crippen LogP) is 1.33. The maximum atomic E-state index is 11.8. The number of amides is 1. The number of nitrogens with one attached hydrogen (secondary N) is 2. The van der Waals surface area contributed by atoms with Crippen molar-refractivity contribution in [2.75, 3.05) is 33.4 Å². The van der Waals surface area contributed by atoms with Gasteiger partial charge in [0.25, 0.3) is 0 Å². The van der Waals surface area contributed by atoms with Crippen LogP contribution in [0.5, 0.6) is 5.75 Å². The summed E-state index contributed by atoms with van der Waals surface area (Å²) in [7, 11) is 1.65. The van der Waals surface area contributed by atoms with Crippen LogP contribution < -0.4 is 15.4 Å². The van der Waals surface area contributed by atoms with Crippen LogP contribution in [0.1, 0.15) is 18.4 Å². The van der Waals surface area contributed by atoms with Gasteiger partial charge >= 0.3 is 0 Å². The van der Waals surface area contributed by atoms with Crippen LogP contribution in [0.25, 0.3) is 0 Å². The first-order valence-corrected chi connectivity index (χ1v) is 7.48. The summed E-state index contributed by atoms with van der Waals surface area (Å²) in [6.07, 6.45) is 1.78. The Morgan fingerprint density at radius 3 is 2.86 bits per heavy atom. The zero-order valence-electron chi connectivity index (χ0n) is 12.6. The fourth-order valence-electron chi connectivity index (χ4n) is 2.32. The van der Waals surface area contributed by atoms with Crippen LogP contribution in [0.4, 0.5) is 0 Å². The Labute approximate surface area is 126 Å². The van der Waals surface area contributed by atoms with Gasteiger partial charge in [0.1, 0.15) is 5.75 Å². The summed E-state index contributed by atoms with van der Waals surface area (Å²) in [4.78, 5) is 11.8. The van der Waals surface area contributed by atoms with E-state index in [9.17, 15) is 4.79 Å². The molecule has 5 nitrogen and oxygen atoms in total. The van der Waals surface area contributed by atoms with E-state index in [2.05, 4.69) is 10.6 Å². The molecule has 1 aliphatic heterocycles. The van der Waals surface area contributed by atoms with Gasteiger partial charge in [-0.05, 0) is 37.1 Å². The van der Waals surface area contributed by atoms with E-state index in [1.54, 1.807) is 7.11 Å². The lowest BCUT2D eigenvalue weighted by molar-refractivity contribution is -0.124. The molecule has 1 aromatic rings. The second-order valence-corrected chi connectivity index (χ2v) is 5.23. The molecule has 1 unspecified atom stereocenters. The number of carbonyl (C=O) groups excluding carboxylic acids is 1. The number of ether oxygens (including phenoxy) is 2. The van der Waals surface area contributed by atoms with E-state index in [-0.39, 0.29) is 11.8 Å². The minimum absolute atomic E-state index is 0.144.